The first-order chi connectivity index (χ1) is 25.7. The van der Waals surface area contributed by atoms with Crippen LogP contribution in [-0.4, -0.2) is 116 Å². The van der Waals surface area contributed by atoms with Gasteiger partial charge >= 0.3 is 0 Å². The van der Waals surface area contributed by atoms with Crippen LogP contribution < -0.4 is 16.4 Å². The molecule has 13 nitrogen and oxygen atoms in total. The maximum absolute atomic E-state index is 12.1. The Morgan fingerprint density at radius 3 is 1.89 bits per heavy atom. The SMILES string of the molecule is CC.CC.CC(C=O)CC(=O)N(C)CCC(=O)NCCC(C)(C)OCCC(C)(C)OCC(=O)C(C)C.CPC(C)C(=O)C(N)CCCCNC(=O)CCC=O. The van der Waals surface area contributed by atoms with Gasteiger partial charge in [-0.05, 0) is 66.5 Å². The summed E-state index contributed by atoms with van der Waals surface area (Å²) in [5.74, 6) is -0.519. The highest BCUT2D eigenvalue weighted by Crippen LogP contribution is 2.20. The molecule has 0 saturated heterocycles. The van der Waals surface area contributed by atoms with E-state index in [1.165, 1.54) is 4.90 Å². The highest BCUT2D eigenvalue weighted by Gasteiger charge is 2.24. The molecule has 14 heteroatoms. The fraction of sp³-hybridized carbons (Fsp3) is 0.829. The molecule has 0 radical (unpaired) electrons. The molecule has 0 aliphatic carbocycles. The van der Waals surface area contributed by atoms with E-state index in [2.05, 4.69) is 10.6 Å². The minimum Gasteiger partial charge on any atom is -0.375 e. The Morgan fingerprint density at radius 2 is 1.36 bits per heavy atom. The van der Waals surface area contributed by atoms with E-state index in [1.807, 2.05) is 82.8 Å². The second kappa shape index (κ2) is 35.8. The van der Waals surface area contributed by atoms with E-state index in [-0.39, 0.29) is 85.1 Å². The van der Waals surface area contributed by atoms with E-state index in [0.29, 0.717) is 54.1 Å². The topological polar surface area (TPSA) is 191 Å². The van der Waals surface area contributed by atoms with Crippen molar-refractivity contribution in [3.63, 3.8) is 0 Å². The second-order valence-corrected chi connectivity index (χ2v) is 16.0. The van der Waals surface area contributed by atoms with Gasteiger partial charge in [-0.3, -0.25) is 24.0 Å². The van der Waals surface area contributed by atoms with Crippen LogP contribution in [0.2, 0.25) is 0 Å². The lowest BCUT2D eigenvalue weighted by atomic mass is 10.0. The van der Waals surface area contributed by atoms with E-state index in [9.17, 15) is 33.6 Å². The Balaban J connectivity index is -0.000000481. The molecule has 4 unspecified atom stereocenters. The molecule has 0 bridgehead atoms. The van der Waals surface area contributed by atoms with Gasteiger partial charge in [0.05, 0.1) is 23.9 Å². The molecule has 0 saturated carbocycles. The predicted octanol–water partition coefficient (Wildman–Crippen LogP) is 5.67. The summed E-state index contributed by atoms with van der Waals surface area (Å²) in [4.78, 5) is 80.9. The fourth-order valence-electron chi connectivity index (χ4n) is 4.22. The number of unbranched alkanes of at least 4 members (excludes halogenated alkanes) is 1. The van der Waals surface area contributed by atoms with Gasteiger partial charge in [-0.1, -0.05) is 55.4 Å². The summed E-state index contributed by atoms with van der Waals surface area (Å²) < 4.78 is 11.7. The number of Topliss-reactive ketones (excluding diaryl/α,β-unsaturated/α-hetero) is 2. The largest absolute Gasteiger partial charge is 0.375 e. The van der Waals surface area contributed by atoms with Crippen LogP contribution in [0.25, 0.3) is 0 Å². The van der Waals surface area contributed by atoms with Gasteiger partial charge in [0.1, 0.15) is 19.2 Å². The van der Waals surface area contributed by atoms with E-state index >= 15 is 0 Å². The lowest BCUT2D eigenvalue weighted by Gasteiger charge is -2.30. The van der Waals surface area contributed by atoms with Crippen molar-refractivity contribution < 1.29 is 43.0 Å². The molecule has 0 fully saturated rings. The highest BCUT2D eigenvalue weighted by atomic mass is 31.1. The van der Waals surface area contributed by atoms with Gasteiger partial charge in [-0.15, -0.1) is 8.58 Å². The van der Waals surface area contributed by atoms with Crippen molar-refractivity contribution in [1.29, 1.82) is 0 Å². The number of rotatable bonds is 28. The average Bonchev–Trinajstić information content (AvgIpc) is 3.15. The molecule has 3 amide bonds. The third-order valence-corrected chi connectivity index (χ3v) is 9.45. The van der Waals surface area contributed by atoms with Crippen molar-refractivity contribution >= 4 is 50.4 Å². The first kappa shape index (κ1) is 59.1. The number of carbonyl (C=O) groups excluding carboxylic acids is 7. The number of carbonyl (C=O) groups is 7. The summed E-state index contributed by atoms with van der Waals surface area (Å²) in [5.41, 5.74) is 5.01. The summed E-state index contributed by atoms with van der Waals surface area (Å²) in [6.07, 6.45) is 5.94. The Hall–Kier alpha value is -2.60. The number of ether oxygens (including phenoxy) is 2. The molecule has 0 aromatic carbocycles. The van der Waals surface area contributed by atoms with Crippen LogP contribution in [0.1, 0.15) is 141 Å². The van der Waals surface area contributed by atoms with Gasteiger partial charge < -0.3 is 40.3 Å². The molecule has 0 spiro atoms. The predicted molar refractivity (Wildman–Crippen MR) is 226 cm³/mol. The zero-order chi connectivity index (χ0) is 43.6. The van der Waals surface area contributed by atoms with E-state index in [4.69, 9.17) is 15.2 Å². The standard InChI is InChI=1S/C24H44N2O6.C13H25N2O3P.2C2H6/c1-18(2)20(28)17-32-24(6,7)11-14-31-23(4,5)10-12-25-21(29)9-13-26(8)22(30)15-19(3)16-27;1-10(19-2)13(18)11(14)6-3-4-8-15-12(17)7-5-9-16;2*1-2/h16,18-19H,9-15,17H2,1-8H3,(H,25,29);9-11,19H,3-8,14H2,1-2H3,(H,15,17);2*1-2H3. The number of ketones is 2. The minimum atomic E-state index is -0.457. The zero-order valence-corrected chi connectivity index (χ0v) is 38.1. The Bertz CT molecular complexity index is 1070. The van der Waals surface area contributed by atoms with Gasteiger partial charge in [0.2, 0.25) is 17.7 Å². The number of hydrogen-bond donors (Lipinski definition) is 3. The van der Waals surface area contributed by atoms with Crippen molar-refractivity contribution in [2.45, 2.75) is 164 Å². The van der Waals surface area contributed by atoms with Crippen LogP contribution in [0, 0.1) is 11.8 Å². The number of nitrogens with one attached hydrogen (secondary N) is 2. The summed E-state index contributed by atoms with van der Waals surface area (Å²) in [6.45, 7) is 27.1. The average molecular weight is 805 g/mol. The third-order valence-electron chi connectivity index (χ3n) is 8.30. The van der Waals surface area contributed by atoms with Crippen LogP contribution in [0.3, 0.4) is 0 Å². The van der Waals surface area contributed by atoms with Crippen LogP contribution in [0.5, 0.6) is 0 Å². The lowest BCUT2D eigenvalue weighted by Crippen LogP contribution is -2.36. The molecular formula is C41H81N4O9P. The maximum Gasteiger partial charge on any atom is 0.223 e. The molecular weight excluding hydrogens is 723 g/mol. The smallest absolute Gasteiger partial charge is 0.223 e. The summed E-state index contributed by atoms with van der Waals surface area (Å²) in [5, 5.41) is 5.59. The highest BCUT2D eigenvalue weighted by molar-refractivity contribution is 7.39. The van der Waals surface area contributed by atoms with Crippen molar-refractivity contribution in [2.24, 2.45) is 17.6 Å². The Morgan fingerprint density at radius 1 is 0.818 bits per heavy atom. The quantitative estimate of drug-likeness (QED) is 0.0505. The van der Waals surface area contributed by atoms with Crippen LogP contribution in [-0.2, 0) is 43.0 Å². The number of hydrogen-bond acceptors (Lipinski definition) is 10. The number of aldehydes is 2. The van der Waals surface area contributed by atoms with Gasteiger partial charge in [-0.25, -0.2) is 0 Å². The molecule has 324 valence electrons. The van der Waals surface area contributed by atoms with Crippen LogP contribution in [0.4, 0.5) is 0 Å². The molecule has 4 atom stereocenters. The number of nitrogens with zero attached hydrogens (tertiary/aromatic N) is 1. The zero-order valence-electron chi connectivity index (χ0n) is 37.1. The van der Waals surface area contributed by atoms with Crippen molar-refractivity contribution in [3.8, 4) is 0 Å². The molecule has 0 aromatic rings. The third kappa shape index (κ3) is 35.6. The van der Waals surface area contributed by atoms with Gasteiger partial charge in [0.25, 0.3) is 0 Å². The fourth-order valence-corrected chi connectivity index (χ4v) is 4.71. The van der Waals surface area contributed by atoms with Crippen molar-refractivity contribution in [3.05, 3.63) is 0 Å². The lowest BCUT2D eigenvalue weighted by molar-refractivity contribution is -0.134. The minimum absolute atomic E-state index is 0.0387. The first-order valence-electron chi connectivity index (χ1n) is 20.1. The molecule has 55 heavy (non-hydrogen) atoms. The normalized spacial score (nSPS) is 12.7. The molecule has 0 aliphatic heterocycles. The molecule has 0 aromatic heterocycles. The monoisotopic (exact) mass is 805 g/mol. The van der Waals surface area contributed by atoms with E-state index in [0.717, 1.165) is 25.4 Å². The van der Waals surface area contributed by atoms with Gasteiger partial charge in [0.15, 0.2) is 11.6 Å². The Kier molecular flexibility index (Phi) is 38.5. The summed E-state index contributed by atoms with van der Waals surface area (Å²) >= 11 is 0. The van der Waals surface area contributed by atoms with Crippen LogP contribution >= 0.6 is 8.58 Å². The maximum atomic E-state index is 12.1. The van der Waals surface area contributed by atoms with Gasteiger partial charge in [-0.2, -0.15) is 0 Å². The molecule has 0 heterocycles. The number of amides is 3. The van der Waals surface area contributed by atoms with E-state index in [1.54, 1.807) is 14.0 Å². The van der Waals surface area contributed by atoms with Crippen molar-refractivity contribution in [2.75, 3.05) is 46.6 Å². The number of nitrogens with two attached hydrogens (primary N) is 1. The summed E-state index contributed by atoms with van der Waals surface area (Å²) in [6, 6.07) is -0.381. The molecule has 0 aliphatic rings. The Labute approximate surface area is 336 Å². The van der Waals surface area contributed by atoms with Crippen molar-refractivity contribution in [1.82, 2.24) is 15.5 Å². The first-order valence-corrected chi connectivity index (χ1v) is 21.7. The molecule has 0 rings (SSSR count). The van der Waals surface area contributed by atoms with Gasteiger partial charge in [0, 0.05) is 69.9 Å². The van der Waals surface area contributed by atoms with E-state index < -0.39 is 11.2 Å². The van der Waals surface area contributed by atoms with Crippen LogP contribution in [0.15, 0.2) is 0 Å². The summed E-state index contributed by atoms with van der Waals surface area (Å²) in [7, 11) is 2.22. The second-order valence-electron chi connectivity index (χ2n) is 14.6. The molecule has 4 N–H and O–H groups in total.